The number of nitrogens with one attached hydrogen (secondary N) is 1. The normalized spacial score (nSPS) is 17.2. The molecule has 1 nitrogen and oxygen atoms in total. The maximum absolute atomic E-state index is 14.1. The largest absolute Gasteiger partial charge is 0.310 e. The van der Waals surface area contributed by atoms with Gasteiger partial charge in [-0.1, -0.05) is 24.6 Å². The summed E-state index contributed by atoms with van der Waals surface area (Å²) in [6.45, 7) is 3.02. The molecule has 1 fully saturated rings. The highest BCUT2D eigenvalue weighted by molar-refractivity contribution is 9.10. The first-order valence-corrected chi connectivity index (χ1v) is 7.19. The van der Waals surface area contributed by atoms with Crippen molar-refractivity contribution in [2.24, 2.45) is 5.92 Å². The second-order valence-electron chi connectivity index (χ2n) is 4.53. The Labute approximate surface area is 115 Å². The number of benzene rings is 1. The highest BCUT2D eigenvalue weighted by Crippen LogP contribution is 2.43. The summed E-state index contributed by atoms with van der Waals surface area (Å²) in [5.74, 6) is 0.273. The molecule has 1 saturated carbocycles. The first-order chi connectivity index (χ1) is 8.15. The highest BCUT2D eigenvalue weighted by atomic mass is 79.9. The fourth-order valence-electron chi connectivity index (χ4n) is 2.04. The van der Waals surface area contributed by atoms with Gasteiger partial charge in [-0.05, 0) is 53.7 Å². The van der Waals surface area contributed by atoms with E-state index in [1.54, 1.807) is 0 Å². The van der Waals surface area contributed by atoms with Crippen LogP contribution >= 0.6 is 27.5 Å². The Morgan fingerprint density at radius 1 is 1.53 bits per heavy atom. The fraction of sp³-hybridized carbons (Fsp3) is 0.538. The Balaban J connectivity index is 2.26. The molecule has 0 spiro atoms. The van der Waals surface area contributed by atoms with Crippen molar-refractivity contribution >= 4 is 27.5 Å². The summed E-state index contributed by atoms with van der Waals surface area (Å²) < 4.78 is 14.7. The molecule has 0 amide bonds. The van der Waals surface area contributed by atoms with Crippen LogP contribution < -0.4 is 5.32 Å². The minimum absolute atomic E-state index is 0.112. The lowest BCUT2D eigenvalue weighted by atomic mass is 10.0. The van der Waals surface area contributed by atoms with Crippen LogP contribution in [0.1, 0.15) is 37.8 Å². The molecule has 0 radical (unpaired) electrons. The van der Waals surface area contributed by atoms with E-state index >= 15 is 0 Å². The van der Waals surface area contributed by atoms with E-state index in [1.807, 2.05) is 12.1 Å². The molecule has 2 rings (SSSR count). The molecule has 4 heteroatoms. The Morgan fingerprint density at radius 2 is 2.24 bits per heavy atom. The van der Waals surface area contributed by atoms with Crippen LogP contribution in [0.25, 0.3) is 0 Å². The van der Waals surface area contributed by atoms with Crippen molar-refractivity contribution in [2.75, 3.05) is 6.54 Å². The zero-order chi connectivity index (χ0) is 12.4. The maximum atomic E-state index is 14.1. The average molecular weight is 321 g/mol. The van der Waals surface area contributed by atoms with Crippen LogP contribution in [0.4, 0.5) is 4.39 Å². The molecule has 94 valence electrons. The van der Waals surface area contributed by atoms with Gasteiger partial charge in [0.25, 0.3) is 0 Å². The highest BCUT2D eigenvalue weighted by Gasteiger charge is 2.33. The van der Waals surface area contributed by atoms with E-state index in [2.05, 4.69) is 28.2 Å². The standard InChI is InChI=1S/C13H16BrClFN/c1-2-7-17-13(8-3-4-8)9-5-6-10(14)11(15)12(9)16/h5-6,8,13,17H,2-4,7H2,1H3. The molecule has 1 N–H and O–H groups in total. The first-order valence-electron chi connectivity index (χ1n) is 6.02. The van der Waals surface area contributed by atoms with Crippen LogP contribution in [0.5, 0.6) is 0 Å². The van der Waals surface area contributed by atoms with Gasteiger partial charge in [0.1, 0.15) is 5.82 Å². The summed E-state index contributed by atoms with van der Waals surface area (Å²) in [4.78, 5) is 0. The lowest BCUT2D eigenvalue weighted by molar-refractivity contribution is 0.457. The summed E-state index contributed by atoms with van der Waals surface area (Å²) in [6, 6.07) is 3.77. The molecule has 0 aromatic heterocycles. The van der Waals surface area contributed by atoms with Gasteiger partial charge in [-0.2, -0.15) is 0 Å². The Kier molecular flexibility index (Phi) is 4.45. The molecule has 1 atom stereocenters. The SMILES string of the molecule is CCCNC(c1ccc(Br)c(Cl)c1F)C1CC1. The van der Waals surface area contributed by atoms with E-state index < -0.39 is 0 Å². The van der Waals surface area contributed by atoms with Crippen molar-refractivity contribution in [1.29, 1.82) is 0 Å². The van der Waals surface area contributed by atoms with Gasteiger partial charge in [0.05, 0.1) is 5.02 Å². The van der Waals surface area contributed by atoms with Crippen molar-refractivity contribution in [3.05, 3.63) is 33.0 Å². The second kappa shape index (κ2) is 5.68. The van der Waals surface area contributed by atoms with Crippen molar-refractivity contribution in [1.82, 2.24) is 5.32 Å². The van der Waals surface area contributed by atoms with Crippen molar-refractivity contribution in [3.8, 4) is 0 Å². The fourth-order valence-corrected chi connectivity index (χ4v) is 2.52. The summed E-state index contributed by atoms with van der Waals surface area (Å²) in [5, 5.41) is 3.61. The van der Waals surface area contributed by atoms with Crippen LogP contribution in [0.2, 0.25) is 5.02 Å². The monoisotopic (exact) mass is 319 g/mol. The van der Waals surface area contributed by atoms with E-state index in [0.29, 0.717) is 16.0 Å². The van der Waals surface area contributed by atoms with Crippen LogP contribution in [-0.4, -0.2) is 6.54 Å². The molecule has 0 heterocycles. The second-order valence-corrected chi connectivity index (χ2v) is 5.77. The third-order valence-corrected chi connectivity index (χ3v) is 4.37. The van der Waals surface area contributed by atoms with Crippen LogP contribution in [0.3, 0.4) is 0 Å². The molecule has 1 aliphatic rings. The lowest BCUT2D eigenvalue weighted by Crippen LogP contribution is -2.24. The lowest BCUT2D eigenvalue weighted by Gasteiger charge is -2.19. The molecule has 1 aliphatic carbocycles. The van der Waals surface area contributed by atoms with Crippen molar-refractivity contribution < 1.29 is 4.39 Å². The van der Waals surface area contributed by atoms with Gasteiger partial charge in [-0.3, -0.25) is 0 Å². The summed E-state index contributed by atoms with van der Waals surface area (Å²) >= 11 is 9.18. The van der Waals surface area contributed by atoms with Gasteiger partial charge >= 0.3 is 0 Å². The third-order valence-electron chi connectivity index (χ3n) is 3.11. The minimum Gasteiger partial charge on any atom is -0.310 e. The number of hydrogen-bond acceptors (Lipinski definition) is 1. The van der Waals surface area contributed by atoms with Crippen molar-refractivity contribution in [2.45, 2.75) is 32.2 Å². The molecule has 1 aromatic carbocycles. The van der Waals surface area contributed by atoms with Gasteiger partial charge in [-0.15, -0.1) is 0 Å². The van der Waals surface area contributed by atoms with E-state index in [9.17, 15) is 4.39 Å². The van der Waals surface area contributed by atoms with Gasteiger partial charge in [0, 0.05) is 16.1 Å². The summed E-state index contributed by atoms with van der Waals surface area (Å²) in [6.07, 6.45) is 3.40. The molecular weight excluding hydrogens is 305 g/mol. The van der Waals surface area contributed by atoms with E-state index in [1.165, 1.54) is 12.8 Å². The van der Waals surface area contributed by atoms with E-state index in [-0.39, 0.29) is 16.9 Å². The van der Waals surface area contributed by atoms with Gasteiger partial charge in [0.15, 0.2) is 0 Å². The van der Waals surface area contributed by atoms with E-state index in [0.717, 1.165) is 13.0 Å². The number of hydrogen-bond donors (Lipinski definition) is 1. The number of rotatable bonds is 5. The zero-order valence-electron chi connectivity index (χ0n) is 9.77. The van der Waals surface area contributed by atoms with Gasteiger partial charge in [0.2, 0.25) is 0 Å². The molecular formula is C13H16BrClFN. The Bertz CT molecular complexity index is 407. The number of halogens is 3. The molecule has 1 aromatic rings. The average Bonchev–Trinajstić information content (AvgIpc) is 3.13. The Morgan fingerprint density at radius 3 is 2.82 bits per heavy atom. The van der Waals surface area contributed by atoms with Crippen LogP contribution in [0.15, 0.2) is 16.6 Å². The molecule has 0 saturated heterocycles. The summed E-state index contributed by atoms with van der Waals surface area (Å²) in [7, 11) is 0. The Hall–Kier alpha value is -0.120. The smallest absolute Gasteiger partial charge is 0.147 e. The van der Waals surface area contributed by atoms with Gasteiger partial charge < -0.3 is 5.32 Å². The summed E-state index contributed by atoms with van der Waals surface area (Å²) in [5.41, 5.74) is 0.703. The van der Waals surface area contributed by atoms with E-state index in [4.69, 9.17) is 11.6 Å². The molecule has 1 unspecified atom stereocenters. The predicted molar refractivity (Wildman–Crippen MR) is 72.9 cm³/mol. The van der Waals surface area contributed by atoms with Crippen LogP contribution in [0, 0.1) is 11.7 Å². The minimum atomic E-state index is -0.290. The van der Waals surface area contributed by atoms with Gasteiger partial charge in [-0.25, -0.2) is 4.39 Å². The van der Waals surface area contributed by atoms with Crippen molar-refractivity contribution in [3.63, 3.8) is 0 Å². The van der Waals surface area contributed by atoms with Crippen LogP contribution in [-0.2, 0) is 0 Å². The quantitative estimate of drug-likeness (QED) is 0.776. The maximum Gasteiger partial charge on any atom is 0.147 e. The molecule has 0 bridgehead atoms. The first kappa shape index (κ1) is 13.3. The zero-order valence-corrected chi connectivity index (χ0v) is 12.1. The predicted octanol–water partition coefficient (Wildman–Crippen LogP) is 4.69. The molecule has 0 aliphatic heterocycles. The topological polar surface area (TPSA) is 12.0 Å². The molecule has 17 heavy (non-hydrogen) atoms. The third kappa shape index (κ3) is 3.01.